The van der Waals surface area contributed by atoms with Crippen LogP contribution in [0.2, 0.25) is 0 Å². The van der Waals surface area contributed by atoms with Gasteiger partial charge in [-0.15, -0.1) is 0 Å². The lowest BCUT2D eigenvalue weighted by Gasteiger charge is -2.42. The Labute approximate surface area is 108 Å². The first-order valence-corrected chi connectivity index (χ1v) is 6.35. The van der Waals surface area contributed by atoms with Gasteiger partial charge in [-0.2, -0.15) is 0 Å². The van der Waals surface area contributed by atoms with Crippen molar-refractivity contribution in [3.63, 3.8) is 0 Å². The number of aliphatic carboxylic acids is 1. The summed E-state index contributed by atoms with van der Waals surface area (Å²) in [6.07, 6.45) is 1.72. The molecule has 0 amide bonds. The van der Waals surface area contributed by atoms with E-state index in [0.29, 0.717) is 25.9 Å². The molecule has 0 aliphatic carbocycles. The lowest BCUT2D eigenvalue weighted by Crippen LogP contribution is -2.47. The summed E-state index contributed by atoms with van der Waals surface area (Å²) in [5, 5.41) is 9.63. The van der Waals surface area contributed by atoms with Crippen molar-refractivity contribution in [3.05, 3.63) is 35.9 Å². The molecule has 0 unspecified atom stereocenters. The third kappa shape index (κ3) is 2.72. The lowest BCUT2D eigenvalue weighted by molar-refractivity contribution is -0.166. The molecule has 3 heteroatoms. The van der Waals surface area contributed by atoms with Gasteiger partial charge in [-0.1, -0.05) is 30.3 Å². The van der Waals surface area contributed by atoms with Crippen molar-refractivity contribution in [1.82, 2.24) is 0 Å². The lowest BCUT2D eigenvalue weighted by atomic mass is 9.70. The molecule has 3 nitrogen and oxygen atoms in total. The highest BCUT2D eigenvalue weighted by Crippen LogP contribution is 2.41. The summed E-state index contributed by atoms with van der Waals surface area (Å²) in [5.74, 6) is -0.706. The van der Waals surface area contributed by atoms with Crippen molar-refractivity contribution >= 4 is 5.97 Å². The third-order valence-corrected chi connectivity index (χ3v) is 3.68. The first-order valence-electron chi connectivity index (χ1n) is 6.35. The highest BCUT2D eigenvalue weighted by atomic mass is 16.5. The number of carboxylic acids is 1. The summed E-state index contributed by atoms with van der Waals surface area (Å²) in [6, 6.07) is 9.84. The van der Waals surface area contributed by atoms with E-state index >= 15 is 0 Å². The molecule has 1 aliphatic rings. The number of hydrogen-bond acceptors (Lipinski definition) is 2. The van der Waals surface area contributed by atoms with E-state index in [2.05, 4.69) is 0 Å². The molecular weight excluding hydrogens is 228 g/mol. The molecule has 1 aliphatic heterocycles. The fourth-order valence-corrected chi connectivity index (χ4v) is 2.87. The largest absolute Gasteiger partial charge is 0.481 e. The van der Waals surface area contributed by atoms with E-state index in [4.69, 9.17) is 4.74 Å². The monoisotopic (exact) mass is 248 g/mol. The topological polar surface area (TPSA) is 46.5 Å². The zero-order valence-corrected chi connectivity index (χ0v) is 11.0. The summed E-state index contributed by atoms with van der Waals surface area (Å²) in [6.45, 7) is 4.45. The third-order valence-electron chi connectivity index (χ3n) is 3.68. The molecule has 1 saturated heterocycles. The molecule has 2 rings (SSSR count). The van der Waals surface area contributed by atoms with Crippen LogP contribution in [0.15, 0.2) is 30.3 Å². The van der Waals surface area contributed by atoms with Crippen molar-refractivity contribution in [2.75, 3.05) is 6.61 Å². The number of hydrogen-bond donors (Lipinski definition) is 1. The second kappa shape index (κ2) is 4.73. The van der Waals surface area contributed by atoms with E-state index in [9.17, 15) is 9.90 Å². The number of ether oxygens (including phenoxy) is 1. The van der Waals surface area contributed by atoms with Crippen LogP contribution in [0.1, 0.15) is 32.3 Å². The Hall–Kier alpha value is -1.35. The van der Waals surface area contributed by atoms with Crippen LogP contribution < -0.4 is 0 Å². The number of benzene rings is 1. The molecule has 0 spiro atoms. The molecule has 0 aromatic heterocycles. The van der Waals surface area contributed by atoms with E-state index in [1.165, 1.54) is 0 Å². The summed E-state index contributed by atoms with van der Waals surface area (Å²) < 4.78 is 5.65. The molecule has 1 aromatic carbocycles. The molecule has 1 heterocycles. The molecular formula is C15H20O3. The van der Waals surface area contributed by atoms with Crippen molar-refractivity contribution < 1.29 is 14.6 Å². The average molecular weight is 248 g/mol. The number of carbonyl (C=O) groups is 1. The fraction of sp³-hybridized carbons (Fsp3) is 0.533. The standard InChI is InChI=1S/C15H20O3/c1-14(2)11-15(13(16)17,8-9-18-14)10-12-6-4-3-5-7-12/h3-7H,8-11H2,1-2H3,(H,16,17)/t15-/m1/s1. The maximum Gasteiger partial charge on any atom is 0.310 e. The second-order valence-corrected chi connectivity index (χ2v) is 5.78. The predicted molar refractivity (Wildman–Crippen MR) is 69.5 cm³/mol. The molecule has 1 aromatic rings. The quantitative estimate of drug-likeness (QED) is 0.894. The predicted octanol–water partition coefficient (Wildman–Crippen LogP) is 2.89. The minimum absolute atomic E-state index is 0.356. The van der Waals surface area contributed by atoms with Gasteiger partial charge in [0.25, 0.3) is 0 Å². The Morgan fingerprint density at radius 2 is 2.00 bits per heavy atom. The Morgan fingerprint density at radius 1 is 1.33 bits per heavy atom. The van der Waals surface area contributed by atoms with Crippen LogP contribution in [-0.2, 0) is 16.0 Å². The summed E-state index contributed by atoms with van der Waals surface area (Å²) in [5.41, 5.74) is 0.0340. The minimum Gasteiger partial charge on any atom is -0.481 e. The average Bonchev–Trinajstić information content (AvgIpc) is 2.28. The Bertz CT molecular complexity index is 425. The fourth-order valence-electron chi connectivity index (χ4n) is 2.87. The zero-order chi connectivity index (χ0) is 13.2. The van der Waals surface area contributed by atoms with Gasteiger partial charge in [-0.25, -0.2) is 0 Å². The van der Waals surface area contributed by atoms with Crippen molar-refractivity contribution in [1.29, 1.82) is 0 Å². The van der Waals surface area contributed by atoms with Crippen LogP contribution in [0.5, 0.6) is 0 Å². The van der Waals surface area contributed by atoms with Gasteiger partial charge >= 0.3 is 5.97 Å². The highest BCUT2D eigenvalue weighted by Gasteiger charge is 2.46. The van der Waals surface area contributed by atoms with Gasteiger partial charge in [-0.05, 0) is 38.7 Å². The van der Waals surface area contributed by atoms with Gasteiger partial charge in [0.05, 0.1) is 11.0 Å². The Kier molecular flexibility index (Phi) is 3.44. The Morgan fingerprint density at radius 3 is 2.56 bits per heavy atom. The van der Waals surface area contributed by atoms with E-state index in [0.717, 1.165) is 5.56 Å². The van der Waals surface area contributed by atoms with Crippen LogP contribution in [0, 0.1) is 5.41 Å². The van der Waals surface area contributed by atoms with Gasteiger partial charge in [0.2, 0.25) is 0 Å². The van der Waals surface area contributed by atoms with Crippen LogP contribution in [0.3, 0.4) is 0 Å². The van der Waals surface area contributed by atoms with Crippen molar-refractivity contribution in [3.8, 4) is 0 Å². The molecule has 98 valence electrons. The van der Waals surface area contributed by atoms with Crippen LogP contribution in [0.4, 0.5) is 0 Å². The molecule has 1 atom stereocenters. The highest BCUT2D eigenvalue weighted by molar-refractivity contribution is 5.75. The molecule has 0 bridgehead atoms. The zero-order valence-electron chi connectivity index (χ0n) is 11.0. The molecule has 0 radical (unpaired) electrons. The van der Waals surface area contributed by atoms with Gasteiger partial charge in [-0.3, -0.25) is 4.79 Å². The summed E-state index contributed by atoms with van der Waals surface area (Å²) in [4.78, 5) is 11.7. The van der Waals surface area contributed by atoms with Gasteiger partial charge in [0.1, 0.15) is 0 Å². The van der Waals surface area contributed by atoms with Crippen molar-refractivity contribution in [2.45, 2.75) is 38.7 Å². The molecule has 18 heavy (non-hydrogen) atoms. The maximum absolute atomic E-state index is 11.7. The van der Waals surface area contributed by atoms with Crippen LogP contribution >= 0.6 is 0 Å². The number of rotatable bonds is 3. The van der Waals surface area contributed by atoms with E-state index in [-0.39, 0.29) is 5.60 Å². The van der Waals surface area contributed by atoms with E-state index in [1.54, 1.807) is 0 Å². The van der Waals surface area contributed by atoms with E-state index in [1.807, 2.05) is 44.2 Å². The molecule has 1 N–H and O–H groups in total. The SMILES string of the molecule is CC1(C)C[C@@](Cc2ccccc2)(C(=O)O)CCO1. The van der Waals surface area contributed by atoms with Crippen LogP contribution in [-0.4, -0.2) is 23.3 Å². The smallest absolute Gasteiger partial charge is 0.310 e. The van der Waals surface area contributed by atoms with E-state index < -0.39 is 11.4 Å². The van der Waals surface area contributed by atoms with Gasteiger partial charge < -0.3 is 9.84 Å². The minimum atomic E-state index is -0.706. The molecule has 0 saturated carbocycles. The van der Waals surface area contributed by atoms with Gasteiger partial charge in [0, 0.05) is 6.61 Å². The van der Waals surface area contributed by atoms with Gasteiger partial charge in [0.15, 0.2) is 0 Å². The Balaban J connectivity index is 2.25. The van der Waals surface area contributed by atoms with Crippen LogP contribution in [0.25, 0.3) is 0 Å². The molecule has 1 fully saturated rings. The van der Waals surface area contributed by atoms with Crippen molar-refractivity contribution in [2.24, 2.45) is 5.41 Å². The summed E-state index contributed by atoms with van der Waals surface area (Å²) >= 11 is 0. The summed E-state index contributed by atoms with van der Waals surface area (Å²) in [7, 11) is 0. The second-order valence-electron chi connectivity index (χ2n) is 5.78. The first-order chi connectivity index (χ1) is 8.44. The maximum atomic E-state index is 11.7. The first kappa shape index (κ1) is 13.1. The number of carboxylic acid groups (broad SMARTS) is 1. The normalized spacial score (nSPS) is 26.8.